The molecule has 1 saturated heterocycles. The molecular weight excluding hydrogens is 276 g/mol. The molecule has 0 atom stereocenters. The van der Waals surface area contributed by atoms with E-state index in [1.165, 1.54) is 25.7 Å². The van der Waals surface area contributed by atoms with E-state index in [1.807, 2.05) is 35.2 Å². The maximum atomic E-state index is 12.1. The quantitative estimate of drug-likeness (QED) is 0.927. The molecule has 2 aliphatic rings. The Morgan fingerprint density at radius 3 is 2.36 bits per heavy atom. The Labute approximate surface area is 132 Å². The van der Waals surface area contributed by atoms with Crippen molar-refractivity contribution in [2.45, 2.75) is 57.2 Å². The van der Waals surface area contributed by atoms with E-state index >= 15 is 0 Å². The Balaban J connectivity index is 1.38. The summed E-state index contributed by atoms with van der Waals surface area (Å²) in [5.74, 6) is 0. The van der Waals surface area contributed by atoms with Gasteiger partial charge >= 0.3 is 6.09 Å². The van der Waals surface area contributed by atoms with E-state index in [4.69, 9.17) is 4.74 Å². The molecule has 0 spiro atoms. The van der Waals surface area contributed by atoms with Gasteiger partial charge in [-0.3, -0.25) is 0 Å². The zero-order valence-corrected chi connectivity index (χ0v) is 13.2. The van der Waals surface area contributed by atoms with Crippen LogP contribution in [0.2, 0.25) is 0 Å². The van der Waals surface area contributed by atoms with Crippen LogP contribution in [0.1, 0.15) is 44.1 Å². The van der Waals surface area contributed by atoms with Crippen LogP contribution < -0.4 is 5.32 Å². The lowest BCUT2D eigenvalue weighted by atomic mass is 10.0. The van der Waals surface area contributed by atoms with E-state index in [1.54, 1.807) is 0 Å². The fourth-order valence-electron chi connectivity index (χ4n) is 3.47. The Morgan fingerprint density at radius 2 is 1.68 bits per heavy atom. The van der Waals surface area contributed by atoms with Crippen molar-refractivity contribution in [2.75, 3.05) is 13.1 Å². The first-order valence-corrected chi connectivity index (χ1v) is 8.53. The van der Waals surface area contributed by atoms with Gasteiger partial charge in [0.05, 0.1) is 0 Å². The van der Waals surface area contributed by atoms with Crippen LogP contribution in [0.5, 0.6) is 0 Å². The van der Waals surface area contributed by atoms with E-state index in [9.17, 15) is 4.79 Å². The molecule has 2 fully saturated rings. The van der Waals surface area contributed by atoms with E-state index in [-0.39, 0.29) is 6.09 Å². The van der Waals surface area contributed by atoms with Crippen LogP contribution in [0.4, 0.5) is 4.79 Å². The van der Waals surface area contributed by atoms with Crippen LogP contribution >= 0.6 is 0 Å². The maximum absolute atomic E-state index is 12.1. The second-order valence-electron chi connectivity index (χ2n) is 6.45. The van der Waals surface area contributed by atoms with Gasteiger partial charge in [-0.25, -0.2) is 4.79 Å². The summed E-state index contributed by atoms with van der Waals surface area (Å²) in [5, 5.41) is 3.76. The van der Waals surface area contributed by atoms with Gasteiger partial charge in [-0.05, 0) is 31.2 Å². The molecule has 0 radical (unpaired) electrons. The van der Waals surface area contributed by atoms with Crippen molar-refractivity contribution in [3.8, 4) is 0 Å². The highest BCUT2D eigenvalue weighted by atomic mass is 16.6. The molecule has 4 heteroatoms. The fourth-order valence-corrected chi connectivity index (χ4v) is 3.47. The van der Waals surface area contributed by atoms with Crippen molar-refractivity contribution in [1.29, 1.82) is 0 Å². The first kappa shape index (κ1) is 15.3. The predicted octanol–water partition coefficient (Wildman–Crippen LogP) is 3.32. The normalized spacial score (nSPS) is 20.3. The monoisotopic (exact) mass is 302 g/mol. The highest BCUT2D eigenvalue weighted by Crippen LogP contribution is 2.20. The Hall–Kier alpha value is -1.55. The molecule has 1 aliphatic heterocycles. The van der Waals surface area contributed by atoms with Crippen LogP contribution in [0, 0.1) is 0 Å². The molecule has 1 saturated carbocycles. The predicted molar refractivity (Wildman–Crippen MR) is 86.6 cm³/mol. The van der Waals surface area contributed by atoms with Crippen molar-refractivity contribution in [1.82, 2.24) is 10.2 Å². The van der Waals surface area contributed by atoms with Gasteiger partial charge in [0.1, 0.15) is 6.61 Å². The van der Waals surface area contributed by atoms with E-state index in [2.05, 4.69) is 5.32 Å². The molecule has 0 bridgehead atoms. The van der Waals surface area contributed by atoms with Gasteiger partial charge in [0, 0.05) is 25.2 Å². The highest BCUT2D eigenvalue weighted by Gasteiger charge is 2.26. The highest BCUT2D eigenvalue weighted by molar-refractivity contribution is 5.67. The van der Waals surface area contributed by atoms with Crippen LogP contribution in [-0.2, 0) is 11.3 Å². The number of carbonyl (C=O) groups excluding carboxylic acids is 1. The molecule has 1 aliphatic carbocycles. The van der Waals surface area contributed by atoms with Crippen molar-refractivity contribution in [3.05, 3.63) is 35.9 Å². The van der Waals surface area contributed by atoms with Gasteiger partial charge in [0.2, 0.25) is 0 Å². The van der Waals surface area contributed by atoms with Gasteiger partial charge in [0.15, 0.2) is 0 Å². The number of piperidine rings is 1. The summed E-state index contributed by atoms with van der Waals surface area (Å²) in [4.78, 5) is 13.9. The lowest BCUT2D eigenvalue weighted by Gasteiger charge is -2.33. The van der Waals surface area contributed by atoms with Gasteiger partial charge in [-0.15, -0.1) is 0 Å². The molecule has 0 unspecified atom stereocenters. The Kier molecular flexibility index (Phi) is 5.33. The zero-order chi connectivity index (χ0) is 15.2. The third kappa shape index (κ3) is 4.23. The van der Waals surface area contributed by atoms with E-state index in [0.29, 0.717) is 18.7 Å². The van der Waals surface area contributed by atoms with Crippen molar-refractivity contribution in [2.24, 2.45) is 0 Å². The van der Waals surface area contributed by atoms with Gasteiger partial charge in [-0.1, -0.05) is 43.2 Å². The topological polar surface area (TPSA) is 41.6 Å². The minimum atomic E-state index is -0.178. The van der Waals surface area contributed by atoms with Crippen LogP contribution in [0.15, 0.2) is 30.3 Å². The number of amides is 1. The summed E-state index contributed by atoms with van der Waals surface area (Å²) in [5.41, 5.74) is 1.04. The molecule has 22 heavy (non-hydrogen) atoms. The molecule has 1 aromatic rings. The van der Waals surface area contributed by atoms with Gasteiger partial charge in [0.25, 0.3) is 0 Å². The first-order chi connectivity index (χ1) is 10.8. The number of nitrogens with one attached hydrogen (secondary N) is 1. The second-order valence-corrected chi connectivity index (χ2v) is 6.45. The van der Waals surface area contributed by atoms with Crippen LogP contribution in [0.25, 0.3) is 0 Å². The zero-order valence-electron chi connectivity index (χ0n) is 13.2. The molecule has 1 amide bonds. The van der Waals surface area contributed by atoms with Crippen LogP contribution in [-0.4, -0.2) is 36.2 Å². The number of benzene rings is 1. The number of carbonyl (C=O) groups is 1. The largest absolute Gasteiger partial charge is 0.445 e. The average molecular weight is 302 g/mol. The molecule has 1 aromatic carbocycles. The number of nitrogens with zero attached hydrogens (tertiary/aromatic N) is 1. The summed E-state index contributed by atoms with van der Waals surface area (Å²) >= 11 is 0. The minimum Gasteiger partial charge on any atom is -0.445 e. The molecule has 4 nitrogen and oxygen atoms in total. The number of rotatable bonds is 4. The van der Waals surface area contributed by atoms with E-state index in [0.717, 1.165) is 31.5 Å². The number of hydrogen-bond donors (Lipinski definition) is 1. The number of ether oxygens (including phenoxy) is 1. The number of hydrogen-bond acceptors (Lipinski definition) is 3. The summed E-state index contributed by atoms with van der Waals surface area (Å²) in [6.45, 7) is 1.97. The average Bonchev–Trinajstić information content (AvgIpc) is 3.07. The van der Waals surface area contributed by atoms with Crippen molar-refractivity contribution >= 4 is 6.09 Å². The summed E-state index contributed by atoms with van der Waals surface area (Å²) in [7, 11) is 0. The summed E-state index contributed by atoms with van der Waals surface area (Å²) in [6, 6.07) is 11.1. The van der Waals surface area contributed by atoms with Gasteiger partial charge < -0.3 is 15.0 Å². The number of likely N-dealkylation sites (tertiary alicyclic amines) is 1. The molecule has 0 aromatic heterocycles. The SMILES string of the molecule is O=C(OCc1ccccc1)N1CCC(NC2CCCC2)CC1. The fraction of sp³-hybridized carbons (Fsp3) is 0.611. The second kappa shape index (κ2) is 7.63. The van der Waals surface area contributed by atoms with Crippen molar-refractivity contribution in [3.63, 3.8) is 0 Å². The summed E-state index contributed by atoms with van der Waals surface area (Å²) in [6.07, 6.45) is 7.26. The van der Waals surface area contributed by atoms with E-state index < -0.39 is 0 Å². The van der Waals surface area contributed by atoms with Gasteiger partial charge in [-0.2, -0.15) is 0 Å². The lowest BCUT2D eigenvalue weighted by molar-refractivity contribution is 0.0845. The molecular formula is C18H26N2O2. The summed E-state index contributed by atoms with van der Waals surface area (Å²) < 4.78 is 5.40. The third-order valence-corrected chi connectivity index (χ3v) is 4.78. The first-order valence-electron chi connectivity index (χ1n) is 8.53. The molecule has 1 N–H and O–H groups in total. The molecule has 1 heterocycles. The maximum Gasteiger partial charge on any atom is 0.410 e. The smallest absolute Gasteiger partial charge is 0.410 e. The third-order valence-electron chi connectivity index (χ3n) is 4.78. The molecule has 120 valence electrons. The minimum absolute atomic E-state index is 0.178. The Morgan fingerprint density at radius 1 is 1.05 bits per heavy atom. The molecule has 3 rings (SSSR count). The lowest BCUT2D eigenvalue weighted by Crippen LogP contribution is -2.47. The van der Waals surface area contributed by atoms with Crippen LogP contribution in [0.3, 0.4) is 0 Å². The van der Waals surface area contributed by atoms with Crippen molar-refractivity contribution < 1.29 is 9.53 Å². The Bertz CT molecular complexity index is 463. The standard InChI is InChI=1S/C18H26N2O2/c21-18(22-14-15-6-2-1-3-7-15)20-12-10-17(11-13-20)19-16-8-4-5-9-16/h1-3,6-7,16-17,19H,4-5,8-14H2.